The fraction of sp³-hybridized carbons (Fsp3) is 0.467. The van der Waals surface area contributed by atoms with E-state index in [0.717, 1.165) is 10.9 Å². The van der Waals surface area contributed by atoms with Crippen LogP contribution in [0, 0.1) is 5.92 Å². The number of benzene rings is 1. The second kappa shape index (κ2) is 18.0. The third-order valence-electron chi connectivity index (χ3n) is 7.21. The summed E-state index contributed by atoms with van der Waals surface area (Å²) in [5, 5.41) is 21.7. The first kappa shape index (κ1) is 38.7. The molecule has 13 N–H and O–H groups in total. The van der Waals surface area contributed by atoms with E-state index in [1.54, 1.807) is 44.3 Å². The molecule has 0 saturated heterocycles. The van der Waals surface area contributed by atoms with Crippen molar-refractivity contribution in [2.75, 3.05) is 6.54 Å². The van der Waals surface area contributed by atoms with Gasteiger partial charge in [-0.25, -0.2) is 0 Å². The summed E-state index contributed by atoms with van der Waals surface area (Å²) in [5.41, 5.74) is 17.4. The maximum atomic E-state index is 13.6. The van der Waals surface area contributed by atoms with Crippen LogP contribution in [0.4, 0.5) is 0 Å². The van der Waals surface area contributed by atoms with Crippen LogP contribution in [-0.4, -0.2) is 94.2 Å². The molecular formula is C30H43N9O9. The lowest BCUT2D eigenvalue weighted by atomic mass is 10.0. The van der Waals surface area contributed by atoms with Crippen molar-refractivity contribution in [3.63, 3.8) is 0 Å². The summed E-state index contributed by atoms with van der Waals surface area (Å²) in [5.74, 6) is -7.44. The molecule has 0 bridgehead atoms. The fourth-order valence-corrected chi connectivity index (χ4v) is 4.61. The minimum atomic E-state index is -1.40. The van der Waals surface area contributed by atoms with Gasteiger partial charge in [-0.2, -0.15) is 0 Å². The predicted molar refractivity (Wildman–Crippen MR) is 171 cm³/mol. The molecule has 0 aliphatic rings. The molecule has 1 aromatic carbocycles. The number of nitrogens with one attached hydrogen (secondary N) is 6. The lowest BCUT2D eigenvalue weighted by Crippen LogP contribution is -2.59. The SMILES string of the molecule is CC(C)[C@H](NC(=O)[C@H](C)NC(=O)[C@H](Cc1c[nH]c2ccccc12)NC(=O)[C@H](CCC(N)=O)NC(=O)[C@@H](N)CC(N)=O)C(=O)NCC(=O)O. The number of amides is 7. The molecule has 0 fully saturated rings. The standard InChI is InChI=1S/C30H43N9O9/c1-14(2)25(30(48)35-13-24(42)43)39-26(44)15(3)36-29(47)21(10-16-12-34-19-7-5-4-6-17(16)19)38-28(46)20(8-9-22(32)40)37-27(45)18(31)11-23(33)41/h4-7,12,14-15,18,20-21,25,34H,8-11,13,31H2,1-3H3,(H2,32,40)(H2,33,41)(H,35,48)(H,36,47)(H,37,45)(H,38,46)(H,39,44)(H,42,43)/t15-,18-,20-,21-,25-/m0/s1. The Morgan fingerprint density at radius 2 is 1.42 bits per heavy atom. The maximum Gasteiger partial charge on any atom is 0.322 e. The Bertz CT molecular complexity index is 1520. The third-order valence-corrected chi connectivity index (χ3v) is 7.21. The van der Waals surface area contributed by atoms with Crippen LogP contribution < -0.4 is 43.8 Å². The van der Waals surface area contributed by atoms with Crippen LogP contribution in [0.1, 0.15) is 45.6 Å². The number of primary amides is 2. The number of hydrogen-bond donors (Lipinski definition) is 10. The van der Waals surface area contributed by atoms with E-state index >= 15 is 0 Å². The van der Waals surface area contributed by atoms with Crippen molar-refractivity contribution < 1.29 is 43.5 Å². The molecule has 0 spiro atoms. The second-order valence-corrected chi connectivity index (χ2v) is 11.5. The zero-order valence-electron chi connectivity index (χ0n) is 26.8. The average molecular weight is 674 g/mol. The van der Waals surface area contributed by atoms with Gasteiger partial charge in [-0.3, -0.25) is 38.4 Å². The van der Waals surface area contributed by atoms with Crippen LogP contribution in [0.5, 0.6) is 0 Å². The van der Waals surface area contributed by atoms with E-state index in [1.165, 1.54) is 6.92 Å². The normalized spacial score (nSPS) is 14.1. The van der Waals surface area contributed by atoms with Crippen molar-refractivity contribution >= 4 is 58.2 Å². The van der Waals surface area contributed by atoms with E-state index in [2.05, 4.69) is 31.6 Å². The van der Waals surface area contributed by atoms with Crippen LogP contribution in [0.2, 0.25) is 0 Å². The lowest BCUT2D eigenvalue weighted by molar-refractivity contribution is -0.139. The second-order valence-electron chi connectivity index (χ2n) is 11.5. The van der Waals surface area contributed by atoms with Gasteiger partial charge in [0.25, 0.3) is 0 Å². The Morgan fingerprint density at radius 3 is 2.02 bits per heavy atom. The minimum Gasteiger partial charge on any atom is -0.480 e. The first-order valence-corrected chi connectivity index (χ1v) is 15.1. The van der Waals surface area contributed by atoms with Gasteiger partial charge in [0.1, 0.15) is 30.7 Å². The Labute approximate surface area is 275 Å². The number of hydrogen-bond acceptors (Lipinski definition) is 9. The minimum absolute atomic E-state index is 0.0835. The number of aromatic nitrogens is 1. The summed E-state index contributed by atoms with van der Waals surface area (Å²) in [7, 11) is 0. The number of H-pyrrole nitrogens is 1. The van der Waals surface area contributed by atoms with Gasteiger partial charge in [0.2, 0.25) is 41.4 Å². The molecule has 1 heterocycles. The molecule has 7 amide bonds. The Morgan fingerprint density at radius 1 is 0.792 bits per heavy atom. The van der Waals surface area contributed by atoms with Gasteiger partial charge < -0.3 is 53.9 Å². The van der Waals surface area contributed by atoms with E-state index in [9.17, 15) is 38.4 Å². The van der Waals surface area contributed by atoms with Crippen molar-refractivity contribution in [2.24, 2.45) is 23.1 Å². The van der Waals surface area contributed by atoms with Crippen molar-refractivity contribution in [3.8, 4) is 0 Å². The summed E-state index contributed by atoms with van der Waals surface area (Å²) >= 11 is 0. The topological polar surface area (TPSA) is 311 Å². The Balaban J connectivity index is 2.31. The molecule has 48 heavy (non-hydrogen) atoms. The molecule has 0 radical (unpaired) electrons. The van der Waals surface area contributed by atoms with Crippen LogP contribution in [0.3, 0.4) is 0 Å². The smallest absolute Gasteiger partial charge is 0.322 e. The number of para-hydroxylation sites is 1. The summed E-state index contributed by atoms with van der Waals surface area (Å²) in [6, 6.07) is 0.708. The number of carbonyl (C=O) groups excluding carboxylic acids is 7. The third kappa shape index (κ3) is 12.0. The number of rotatable bonds is 19. The molecule has 2 rings (SSSR count). The van der Waals surface area contributed by atoms with Crippen molar-refractivity contribution in [1.82, 2.24) is 31.6 Å². The first-order valence-electron chi connectivity index (χ1n) is 15.1. The van der Waals surface area contributed by atoms with Gasteiger partial charge in [-0.15, -0.1) is 0 Å². The van der Waals surface area contributed by atoms with Crippen molar-refractivity contribution in [3.05, 3.63) is 36.0 Å². The van der Waals surface area contributed by atoms with E-state index in [0.29, 0.717) is 5.56 Å². The van der Waals surface area contributed by atoms with Gasteiger partial charge in [-0.1, -0.05) is 32.0 Å². The lowest BCUT2D eigenvalue weighted by Gasteiger charge is -2.26. The molecule has 0 aliphatic carbocycles. The molecule has 18 heteroatoms. The molecule has 262 valence electrons. The molecule has 1 aromatic heterocycles. The molecular weight excluding hydrogens is 630 g/mol. The van der Waals surface area contributed by atoms with Crippen LogP contribution >= 0.6 is 0 Å². The summed E-state index contributed by atoms with van der Waals surface area (Å²) in [6.07, 6.45) is 0.458. The predicted octanol–water partition coefficient (Wildman–Crippen LogP) is -3.01. The highest BCUT2D eigenvalue weighted by Gasteiger charge is 2.32. The molecule has 0 saturated carbocycles. The number of aromatic amines is 1. The highest BCUT2D eigenvalue weighted by atomic mass is 16.4. The zero-order valence-corrected chi connectivity index (χ0v) is 26.8. The van der Waals surface area contributed by atoms with E-state index in [4.69, 9.17) is 22.3 Å². The van der Waals surface area contributed by atoms with Crippen LogP contribution in [0.15, 0.2) is 30.5 Å². The van der Waals surface area contributed by atoms with E-state index < -0.39 is 96.4 Å². The molecule has 5 atom stereocenters. The van der Waals surface area contributed by atoms with Gasteiger partial charge >= 0.3 is 5.97 Å². The number of aliphatic carboxylic acids is 1. The molecule has 2 aromatic rings. The monoisotopic (exact) mass is 673 g/mol. The molecule has 0 aliphatic heterocycles. The average Bonchev–Trinajstić information content (AvgIpc) is 3.41. The first-order chi connectivity index (χ1) is 22.5. The molecule has 18 nitrogen and oxygen atoms in total. The van der Waals surface area contributed by atoms with Gasteiger partial charge in [0.05, 0.1) is 12.5 Å². The fourth-order valence-electron chi connectivity index (χ4n) is 4.61. The largest absolute Gasteiger partial charge is 0.480 e. The number of carbonyl (C=O) groups is 8. The number of fused-ring (bicyclic) bond motifs is 1. The zero-order chi connectivity index (χ0) is 36.1. The highest BCUT2D eigenvalue weighted by molar-refractivity contribution is 5.97. The van der Waals surface area contributed by atoms with Gasteiger partial charge in [-0.05, 0) is 30.9 Å². The van der Waals surface area contributed by atoms with Gasteiger partial charge in [0, 0.05) is 29.9 Å². The summed E-state index contributed by atoms with van der Waals surface area (Å²) < 4.78 is 0. The van der Waals surface area contributed by atoms with Crippen LogP contribution in [0.25, 0.3) is 10.9 Å². The summed E-state index contributed by atoms with van der Waals surface area (Å²) in [4.78, 5) is 102. The number of carboxylic acids is 1. The van der Waals surface area contributed by atoms with Gasteiger partial charge in [0.15, 0.2) is 0 Å². The Hall–Kier alpha value is -5.52. The van der Waals surface area contributed by atoms with Crippen molar-refractivity contribution in [2.45, 2.75) is 76.7 Å². The Kier molecular flexibility index (Phi) is 14.5. The number of carboxylic acid groups (broad SMARTS) is 1. The van der Waals surface area contributed by atoms with Crippen LogP contribution in [-0.2, 0) is 44.8 Å². The molecule has 0 unspecified atom stereocenters. The van der Waals surface area contributed by atoms with E-state index in [-0.39, 0.29) is 19.3 Å². The van der Waals surface area contributed by atoms with Crippen molar-refractivity contribution in [1.29, 1.82) is 0 Å². The van der Waals surface area contributed by atoms with E-state index in [1.807, 2.05) is 0 Å². The number of nitrogens with two attached hydrogens (primary N) is 3. The highest BCUT2D eigenvalue weighted by Crippen LogP contribution is 2.19. The quantitative estimate of drug-likeness (QED) is 0.0720. The summed E-state index contributed by atoms with van der Waals surface area (Å²) in [6.45, 7) is 3.96. The maximum absolute atomic E-state index is 13.6.